The molecule has 0 saturated heterocycles. The molecule has 0 radical (unpaired) electrons. The van der Waals surface area contributed by atoms with E-state index in [4.69, 9.17) is 5.10 Å². The molecule has 6 nitrogen and oxygen atoms in total. The molecular weight excluding hydrogens is 474 g/mol. The van der Waals surface area contributed by atoms with Crippen LogP contribution in [0.25, 0.3) is 26.3 Å². The molecule has 3 heterocycles. The van der Waals surface area contributed by atoms with Crippen molar-refractivity contribution in [1.29, 1.82) is 0 Å². The molecule has 0 saturated carbocycles. The van der Waals surface area contributed by atoms with Gasteiger partial charge in [-0.1, -0.05) is 81.1 Å². The third-order valence-corrected chi connectivity index (χ3v) is 7.53. The Morgan fingerprint density at radius 3 is 2.43 bits per heavy atom. The van der Waals surface area contributed by atoms with Crippen LogP contribution in [-0.2, 0) is 10.2 Å². The van der Waals surface area contributed by atoms with Crippen LogP contribution in [0.5, 0.6) is 0 Å². The molecule has 0 atom stereocenters. The van der Waals surface area contributed by atoms with Crippen molar-refractivity contribution in [2.45, 2.75) is 31.2 Å². The van der Waals surface area contributed by atoms with Gasteiger partial charge in [0, 0.05) is 21.7 Å². The molecule has 0 spiro atoms. The maximum atomic E-state index is 13.0. The van der Waals surface area contributed by atoms with Crippen LogP contribution in [0.3, 0.4) is 0 Å². The smallest absolute Gasteiger partial charge is 0.235 e. The molecule has 5 aromatic rings. The van der Waals surface area contributed by atoms with Gasteiger partial charge >= 0.3 is 0 Å². The zero-order valence-electron chi connectivity index (χ0n) is 19.7. The minimum Gasteiger partial charge on any atom is -0.310 e. The predicted octanol–water partition coefficient (Wildman–Crippen LogP) is 6.57. The van der Waals surface area contributed by atoms with Crippen molar-refractivity contribution in [3.63, 3.8) is 0 Å². The Balaban J connectivity index is 1.35. The van der Waals surface area contributed by atoms with Crippen molar-refractivity contribution in [3.05, 3.63) is 84.8 Å². The molecule has 0 aliphatic carbocycles. The lowest BCUT2D eigenvalue weighted by Gasteiger charge is -2.14. The van der Waals surface area contributed by atoms with Crippen molar-refractivity contribution in [2.75, 3.05) is 11.1 Å². The lowest BCUT2D eigenvalue weighted by molar-refractivity contribution is -0.113. The molecule has 1 N–H and O–H groups in total. The zero-order valence-corrected chi connectivity index (χ0v) is 21.4. The standard InChI is InChI=1S/C27H25N5OS2/c1-27(2,3)22-15-23(32(31-22)19-12-8-5-9-13-19)30-24(33)16-34-25-20-14-21(18-10-6-4-7-11-18)35-26(20)29-17-28-25/h4-15,17H,16H2,1-3H3,(H,30,33). The summed E-state index contributed by atoms with van der Waals surface area (Å²) in [6.07, 6.45) is 1.56. The fourth-order valence-corrected chi connectivity index (χ4v) is 5.45. The average molecular weight is 500 g/mol. The number of rotatable bonds is 6. The van der Waals surface area contributed by atoms with E-state index >= 15 is 0 Å². The maximum Gasteiger partial charge on any atom is 0.235 e. The highest BCUT2D eigenvalue weighted by Gasteiger charge is 2.22. The number of carbonyl (C=O) groups excluding carboxylic acids is 1. The van der Waals surface area contributed by atoms with E-state index in [2.05, 4.69) is 54.3 Å². The SMILES string of the molecule is CC(C)(C)c1cc(NC(=O)CSc2ncnc3sc(-c4ccccc4)cc23)n(-c2ccccc2)n1. The van der Waals surface area contributed by atoms with Crippen LogP contribution in [-0.4, -0.2) is 31.4 Å². The Morgan fingerprint density at radius 1 is 1.00 bits per heavy atom. The van der Waals surface area contributed by atoms with Crippen LogP contribution < -0.4 is 5.32 Å². The number of nitrogens with zero attached hydrogens (tertiary/aromatic N) is 4. The fraction of sp³-hybridized carbons (Fsp3) is 0.185. The van der Waals surface area contributed by atoms with E-state index in [0.717, 1.165) is 37.1 Å². The Labute approximate surface area is 212 Å². The number of amides is 1. The molecule has 0 unspecified atom stereocenters. The van der Waals surface area contributed by atoms with Gasteiger partial charge in [0.2, 0.25) is 5.91 Å². The van der Waals surface area contributed by atoms with E-state index < -0.39 is 0 Å². The number of anilines is 1. The van der Waals surface area contributed by atoms with Gasteiger partial charge in [0.15, 0.2) is 0 Å². The number of aromatic nitrogens is 4. The molecule has 176 valence electrons. The monoisotopic (exact) mass is 499 g/mol. The first kappa shape index (κ1) is 23.3. The predicted molar refractivity (Wildman–Crippen MR) is 144 cm³/mol. The first-order valence-electron chi connectivity index (χ1n) is 11.3. The van der Waals surface area contributed by atoms with Gasteiger partial charge in [-0.3, -0.25) is 4.79 Å². The topological polar surface area (TPSA) is 72.7 Å². The number of nitrogens with one attached hydrogen (secondary N) is 1. The average Bonchev–Trinajstić information content (AvgIpc) is 3.49. The van der Waals surface area contributed by atoms with E-state index in [1.54, 1.807) is 22.3 Å². The first-order valence-corrected chi connectivity index (χ1v) is 13.1. The minimum absolute atomic E-state index is 0.113. The summed E-state index contributed by atoms with van der Waals surface area (Å²) in [5, 5.41) is 9.59. The lowest BCUT2D eigenvalue weighted by atomic mass is 9.92. The second-order valence-corrected chi connectivity index (χ2v) is 11.1. The Morgan fingerprint density at radius 2 is 1.71 bits per heavy atom. The van der Waals surface area contributed by atoms with Crippen LogP contribution in [0.15, 0.2) is 84.1 Å². The highest BCUT2D eigenvalue weighted by atomic mass is 32.2. The summed E-state index contributed by atoms with van der Waals surface area (Å²) in [4.78, 5) is 23.9. The fourth-order valence-electron chi connectivity index (χ4n) is 3.61. The molecule has 0 fully saturated rings. The van der Waals surface area contributed by atoms with Crippen molar-refractivity contribution in [1.82, 2.24) is 19.7 Å². The Kier molecular flexibility index (Phi) is 6.40. The summed E-state index contributed by atoms with van der Waals surface area (Å²) in [5.41, 5.74) is 2.81. The molecule has 1 amide bonds. The van der Waals surface area contributed by atoms with Gasteiger partial charge in [0.25, 0.3) is 0 Å². The number of para-hydroxylation sites is 1. The third-order valence-electron chi connectivity index (χ3n) is 5.44. The number of carbonyl (C=O) groups is 1. The van der Waals surface area contributed by atoms with Gasteiger partial charge in [-0.15, -0.1) is 11.3 Å². The van der Waals surface area contributed by atoms with Crippen LogP contribution in [0.1, 0.15) is 26.5 Å². The van der Waals surface area contributed by atoms with Crippen LogP contribution in [0.4, 0.5) is 5.82 Å². The highest BCUT2D eigenvalue weighted by Crippen LogP contribution is 2.36. The number of thioether (sulfide) groups is 1. The summed E-state index contributed by atoms with van der Waals surface area (Å²) in [6.45, 7) is 6.32. The number of benzene rings is 2. The summed E-state index contributed by atoms with van der Waals surface area (Å²) >= 11 is 3.04. The summed E-state index contributed by atoms with van der Waals surface area (Å²) in [5.74, 6) is 0.771. The molecule has 5 rings (SSSR count). The van der Waals surface area contributed by atoms with E-state index in [1.165, 1.54) is 11.8 Å². The van der Waals surface area contributed by atoms with Crippen LogP contribution >= 0.6 is 23.1 Å². The summed E-state index contributed by atoms with van der Waals surface area (Å²) in [6, 6.07) is 24.1. The molecule has 0 aliphatic heterocycles. The lowest BCUT2D eigenvalue weighted by Crippen LogP contribution is -2.17. The van der Waals surface area contributed by atoms with Crippen molar-refractivity contribution < 1.29 is 4.79 Å². The van der Waals surface area contributed by atoms with Gasteiger partial charge in [-0.2, -0.15) is 5.10 Å². The van der Waals surface area contributed by atoms with Gasteiger partial charge in [0.1, 0.15) is 22.0 Å². The molecule has 3 aromatic heterocycles. The minimum atomic E-state index is -0.143. The van der Waals surface area contributed by atoms with Crippen LogP contribution in [0.2, 0.25) is 0 Å². The Bertz CT molecular complexity index is 1470. The summed E-state index contributed by atoms with van der Waals surface area (Å²) in [7, 11) is 0. The van der Waals surface area contributed by atoms with E-state index in [-0.39, 0.29) is 17.1 Å². The van der Waals surface area contributed by atoms with E-state index in [9.17, 15) is 4.79 Å². The van der Waals surface area contributed by atoms with Gasteiger partial charge in [-0.25, -0.2) is 14.6 Å². The number of hydrogen-bond acceptors (Lipinski definition) is 6. The molecular formula is C27H25N5OS2. The van der Waals surface area contributed by atoms with Gasteiger partial charge in [-0.05, 0) is 23.8 Å². The third kappa shape index (κ3) is 5.13. The molecule has 0 aliphatic rings. The molecule has 35 heavy (non-hydrogen) atoms. The van der Waals surface area contributed by atoms with Crippen LogP contribution in [0, 0.1) is 0 Å². The normalized spacial score (nSPS) is 11.6. The molecule has 0 bridgehead atoms. The number of thiophene rings is 1. The first-order chi connectivity index (χ1) is 16.9. The van der Waals surface area contributed by atoms with Gasteiger partial charge in [0.05, 0.1) is 17.1 Å². The van der Waals surface area contributed by atoms with Gasteiger partial charge < -0.3 is 5.32 Å². The number of hydrogen-bond donors (Lipinski definition) is 1. The summed E-state index contributed by atoms with van der Waals surface area (Å²) < 4.78 is 1.79. The molecule has 8 heteroatoms. The van der Waals surface area contributed by atoms with Crippen molar-refractivity contribution in [3.8, 4) is 16.1 Å². The van der Waals surface area contributed by atoms with Crippen molar-refractivity contribution >= 4 is 45.0 Å². The number of fused-ring (bicyclic) bond motifs is 1. The zero-order chi connectivity index (χ0) is 24.4. The Hall–Kier alpha value is -3.49. The van der Waals surface area contributed by atoms with E-state index in [0.29, 0.717) is 5.82 Å². The second kappa shape index (κ2) is 9.64. The quantitative estimate of drug-likeness (QED) is 0.211. The van der Waals surface area contributed by atoms with Crippen molar-refractivity contribution in [2.24, 2.45) is 0 Å². The van der Waals surface area contributed by atoms with E-state index in [1.807, 2.05) is 54.6 Å². The molecule has 2 aromatic carbocycles. The largest absolute Gasteiger partial charge is 0.310 e. The highest BCUT2D eigenvalue weighted by molar-refractivity contribution is 8.00. The maximum absolute atomic E-state index is 13.0. The second-order valence-electron chi connectivity index (χ2n) is 9.12.